The predicted octanol–water partition coefficient (Wildman–Crippen LogP) is 8.48. The van der Waals surface area contributed by atoms with Crippen molar-refractivity contribution in [2.45, 2.75) is 173 Å². The number of aliphatic hydroxyl groups excluding tert-OH is 3. The molecule has 3 atom stereocenters. The Balaban J connectivity index is 3.80. The molecule has 0 aromatic carbocycles. The topological polar surface area (TPSA) is 89.8 Å². The number of hydrogen-bond acceptors (Lipinski definition) is 4. The fourth-order valence-electron chi connectivity index (χ4n) is 4.74. The highest BCUT2D eigenvalue weighted by Crippen LogP contribution is 2.12. The molecule has 0 heterocycles. The van der Waals surface area contributed by atoms with Gasteiger partial charge in [-0.3, -0.25) is 4.79 Å². The van der Waals surface area contributed by atoms with E-state index in [1.54, 1.807) is 0 Å². The van der Waals surface area contributed by atoms with Crippen molar-refractivity contribution in [2.24, 2.45) is 0 Å². The van der Waals surface area contributed by atoms with Gasteiger partial charge in [-0.05, 0) is 70.6 Å². The van der Waals surface area contributed by atoms with E-state index in [1.165, 1.54) is 77.0 Å². The van der Waals surface area contributed by atoms with E-state index in [4.69, 9.17) is 0 Å². The molecule has 0 aromatic heterocycles. The van der Waals surface area contributed by atoms with Gasteiger partial charge in [0.1, 0.15) is 6.10 Å². The van der Waals surface area contributed by atoms with Crippen LogP contribution in [0.2, 0.25) is 0 Å². The summed E-state index contributed by atoms with van der Waals surface area (Å²) < 4.78 is 0. The lowest BCUT2D eigenvalue weighted by molar-refractivity contribution is -0.124. The third-order valence-electron chi connectivity index (χ3n) is 7.44. The highest BCUT2D eigenvalue weighted by atomic mass is 16.3. The Labute approximate surface area is 247 Å². The van der Waals surface area contributed by atoms with Crippen LogP contribution in [0.3, 0.4) is 0 Å². The number of carbonyl (C=O) groups excluding carboxylic acids is 1. The molecular formula is C35H65NO4. The molecule has 0 aliphatic carbocycles. The largest absolute Gasteiger partial charge is 0.394 e. The summed E-state index contributed by atoms with van der Waals surface area (Å²) >= 11 is 0. The maximum Gasteiger partial charge on any atom is 0.220 e. The van der Waals surface area contributed by atoms with Crippen LogP contribution in [0.15, 0.2) is 36.5 Å². The van der Waals surface area contributed by atoms with Gasteiger partial charge in [-0.1, -0.05) is 115 Å². The third-order valence-corrected chi connectivity index (χ3v) is 7.44. The summed E-state index contributed by atoms with van der Waals surface area (Å²) in [7, 11) is 0. The molecule has 0 aromatic rings. The number of amides is 1. The van der Waals surface area contributed by atoms with Crippen molar-refractivity contribution in [3.8, 4) is 0 Å². The van der Waals surface area contributed by atoms with Gasteiger partial charge in [0.05, 0.1) is 18.8 Å². The lowest BCUT2D eigenvalue weighted by atomic mass is 10.0. The van der Waals surface area contributed by atoms with E-state index in [9.17, 15) is 20.1 Å². The van der Waals surface area contributed by atoms with Crippen LogP contribution in [0.5, 0.6) is 0 Å². The molecule has 0 saturated carbocycles. The van der Waals surface area contributed by atoms with Crippen LogP contribution in [0.4, 0.5) is 0 Å². The highest BCUT2D eigenvalue weighted by Gasteiger charge is 2.26. The first-order valence-corrected chi connectivity index (χ1v) is 16.8. The Morgan fingerprint density at radius 3 is 1.60 bits per heavy atom. The summed E-state index contributed by atoms with van der Waals surface area (Å²) in [6.07, 6.45) is 35.2. The quantitative estimate of drug-likeness (QED) is 0.0543. The van der Waals surface area contributed by atoms with Gasteiger partial charge < -0.3 is 20.6 Å². The number of unbranched alkanes of at least 4 members (excludes halogenated alkanes) is 15. The molecule has 0 spiro atoms. The first kappa shape index (κ1) is 38.6. The Morgan fingerprint density at radius 2 is 1.05 bits per heavy atom. The van der Waals surface area contributed by atoms with Gasteiger partial charge in [0.25, 0.3) is 0 Å². The SMILES string of the molecule is CCCC/C=C/CC/C=C/CCCC(O)C(O)C(CO)NC(=O)CCCCCCCCC/C=C\CCCCCC. The molecule has 3 unspecified atom stereocenters. The number of carbonyl (C=O) groups is 1. The molecule has 0 rings (SSSR count). The molecule has 0 fully saturated rings. The molecule has 0 bridgehead atoms. The normalized spacial score (nSPS) is 14.4. The van der Waals surface area contributed by atoms with E-state index >= 15 is 0 Å². The van der Waals surface area contributed by atoms with E-state index < -0.39 is 18.2 Å². The summed E-state index contributed by atoms with van der Waals surface area (Å²) in [5.41, 5.74) is 0. The van der Waals surface area contributed by atoms with Crippen LogP contribution in [-0.2, 0) is 4.79 Å². The summed E-state index contributed by atoms with van der Waals surface area (Å²) in [5.74, 6) is -0.168. The van der Waals surface area contributed by atoms with Crippen molar-refractivity contribution in [1.82, 2.24) is 5.32 Å². The van der Waals surface area contributed by atoms with Gasteiger partial charge >= 0.3 is 0 Å². The molecule has 4 N–H and O–H groups in total. The zero-order valence-electron chi connectivity index (χ0n) is 26.2. The van der Waals surface area contributed by atoms with Gasteiger partial charge in [-0.2, -0.15) is 0 Å². The Hall–Kier alpha value is -1.43. The van der Waals surface area contributed by atoms with Crippen molar-refractivity contribution in [3.63, 3.8) is 0 Å². The lowest BCUT2D eigenvalue weighted by Gasteiger charge is -2.26. The number of nitrogens with one attached hydrogen (secondary N) is 1. The fraction of sp³-hybridized carbons (Fsp3) is 0.800. The lowest BCUT2D eigenvalue weighted by Crippen LogP contribution is -2.50. The zero-order valence-corrected chi connectivity index (χ0v) is 26.2. The molecular weight excluding hydrogens is 498 g/mol. The van der Waals surface area contributed by atoms with Gasteiger partial charge in [-0.25, -0.2) is 0 Å². The van der Waals surface area contributed by atoms with Crippen LogP contribution in [0.1, 0.15) is 155 Å². The van der Waals surface area contributed by atoms with Gasteiger partial charge in [0.2, 0.25) is 5.91 Å². The Bertz CT molecular complexity index is 631. The number of allylic oxidation sites excluding steroid dienone is 6. The smallest absolute Gasteiger partial charge is 0.220 e. The second-order valence-electron chi connectivity index (χ2n) is 11.3. The monoisotopic (exact) mass is 563 g/mol. The highest BCUT2D eigenvalue weighted by molar-refractivity contribution is 5.76. The van der Waals surface area contributed by atoms with Crippen LogP contribution in [0, 0.1) is 0 Å². The van der Waals surface area contributed by atoms with Crippen molar-refractivity contribution in [2.75, 3.05) is 6.61 Å². The first-order chi connectivity index (χ1) is 19.6. The molecule has 5 heteroatoms. The van der Waals surface area contributed by atoms with Gasteiger partial charge in [-0.15, -0.1) is 0 Å². The van der Waals surface area contributed by atoms with Gasteiger partial charge in [0, 0.05) is 6.42 Å². The van der Waals surface area contributed by atoms with E-state index in [2.05, 4.69) is 55.6 Å². The van der Waals surface area contributed by atoms with Gasteiger partial charge in [0.15, 0.2) is 0 Å². The molecule has 40 heavy (non-hydrogen) atoms. The van der Waals surface area contributed by atoms with E-state index in [0.29, 0.717) is 12.8 Å². The second-order valence-corrected chi connectivity index (χ2v) is 11.3. The average Bonchev–Trinajstić information content (AvgIpc) is 2.96. The van der Waals surface area contributed by atoms with Crippen molar-refractivity contribution < 1.29 is 20.1 Å². The summed E-state index contributed by atoms with van der Waals surface area (Å²) in [5, 5.41) is 33.1. The standard InChI is InChI=1S/C35H65NO4/c1-3-5-7-9-11-13-15-16-17-18-20-22-24-26-28-30-34(39)36-32(31-37)35(40)33(38)29-27-25-23-21-19-14-12-10-8-6-4-2/h10,12-13,15,21,23,32-33,35,37-38,40H,3-9,11,14,16-20,22,24-31H2,1-2H3,(H,36,39)/b12-10+,15-13-,23-21+. The van der Waals surface area contributed by atoms with Crippen LogP contribution in [0.25, 0.3) is 0 Å². The van der Waals surface area contributed by atoms with E-state index in [0.717, 1.165) is 51.4 Å². The van der Waals surface area contributed by atoms with E-state index in [-0.39, 0.29) is 12.5 Å². The van der Waals surface area contributed by atoms with Crippen molar-refractivity contribution in [3.05, 3.63) is 36.5 Å². The average molecular weight is 564 g/mol. The summed E-state index contributed by atoms with van der Waals surface area (Å²) in [6.45, 7) is 4.07. The summed E-state index contributed by atoms with van der Waals surface area (Å²) in [4.78, 5) is 12.3. The maximum atomic E-state index is 12.3. The van der Waals surface area contributed by atoms with Crippen molar-refractivity contribution in [1.29, 1.82) is 0 Å². The molecule has 1 amide bonds. The fourth-order valence-corrected chi connectivity index (χ4v) is 4.74. The number of rotatable bonds is 29. The van der Waals surface area contributed by atoms with Crippen LogP contribution < -0.4 is 5.32 Å². The molecule has 0 radical (unpaired) electrons. The Morgan fingerprint density at radius 1 is 0.600 bits per heavy atom. The zero-order chi connectivity index (χ0) is 29.5. The minimum atomic E-state index is -1.16. The molecule has 0 saturated heterocycles. The first-order valence-electron chi connectivity index (χ1n) is 16.8. The van der Waals surface area contributed by atoms with Crippen molar-refractivity contribution >= 4 is 5.91 Å². The minimum absolute atomic E-state index is 0.168. The molecule has 0 aliphatic rings. The third kappa shape index (κ3) is 25.5. The molecule has 0 aliphatic heterocycles. The number of hydrogen-bond donors (Lipinski definition) is 4. The molecule has 234 valence electrons. The molecule has 5 nitrogen and oxygen atoms in total. The second kappa shape index (κ2) is 30.5. The van der Waals surface area contributed by atoms with Crippen LogP contribution >= 0.6 is 0 Å². The van der Waals surface area contributed by atoms with E-state index in [1.807, 2.05) is 0 Å². The maximum absolute atomic E-state index is 12.3. The Kier molecular flexibility index (Phi) is 29.4. The van der Waals surface area contributed by atoms with Crippen LogP contribution in [-0.4, -0.2) is 46.1 Å². The number of aliphatic hydroxyl groups is 3. The predicted molar refractivity (Wildman–Crippen MR) is 171 cm³/mol. The minimum Gasteiger partial charge on any atom is -0.394 e. The summed E-state index contributed by atoms with van der Waals surface area (Å²) in [6, 6.07) is -0.831.